The number of hydrogen-bond donors (Lipinski definition) is 2. The van der Waals surface area contributed by atoms with E-state index in [0.717, 1.165) is 17.7 Å². The fourth-order valence-corrected chi connectivity index (χ4v) is 2.05. The van der Waals surface area contributed by atoms with Gasteiger partial charge in [-0.3, -0.25) is 5.84 Å². The molecule has 3 N–H and O–H groups in total. The third-order valence-electron chi connectivity index (χ3n) is 2.69. The summed E-state index contributed by atoms with van der Waals surface area (Å²) in [6, 6.07) is 5.24. The summed E-state index contributed by atoms with van der Waals surface area (Å²) >= 11 is 5.93. The molecule has 1 aromatic rings. The lowest BCUT2D eigenvalue weighted by Gasteiger charge is -2.20. The number of nitrogens with one attached hydrogen (secondary N) is 1. The van der Waals surface area contributed by atoms with E-state index in [9.17, 15) is 0 Å². The number of ether oxygens (including phenoxy) is 2. The number of hydrogen-bond acceptors (Lipinski definition) is 4. The van der Waals surface area contributed by atoms with Crippen LogP contribution in [0.1, 0.15) is 18.0 Å². The molecular weight excluding hydrogens is 240 g/mol. The van der Waals surface area contributed by atoms with Crippen LogP contribution in [0.2, 0.25) is 5.02 Å². The molecule has 1 atom stereocenters. The zero-order valence-electron chi connectivity index (χ0n) is 9.57. The van der Waals surface area contributed by atoms with Gasteiger partial charge in [-0.15, -0.1) is 0 Å². The minimum absolute atomic E-state index is 0.204. The Labute approximate surface area is 105 Å². The lowest BCUT2D eigenvalue weighted by molar-refractivity contribution is 0.214. The molecule has 92 valence electrons. The Morgan fingerprint density at radius 2 is 2.35 bits per heavy atom. The number of hydrazine groups is 1. The van der Waals surface area contributed by atoms with Crippen LogP contribution < -0.4 is 16.0 Å². The average Bonchev–Trinajstić information content (AvgIpc) is 2.85. The van der Waals surface area contributed by atoms with Gasteiger partial charge in [0.05, 0.1) is 13.7 Å². The molecule has 1 aliphatic heterocycles. The Kier molecular flexibility index (Phi) is 3.89. The first kappa shape index (κ1) is 12.2. The van der Waals surface area contributed by atoms with Crippen LogP contribution >= 0.6 is 11.6 Å². The zero-order chi connectivity index (χ0) is 12.3. The predicted octanol–water partition coefficient (Wildman–Crippen LogP) is 2.16. The second-order valence-corrected chi connectivity index (χ2v) is 4.17. The van der Waals surface area contributed by atoms with E-state index in [4.69, 9.17) is 26.9 Å². The van der Waals surface area contributed by atoms with Crippen molar-refractivity contribution >= 4 is 11.6 Å². The first-order valence-electron chi connectivity index (χ1n) is 5.38. The summed E-state index contributed by atoms with van der Waals surface area (Å²) in [6.45, 7) is 0.698. The lowest BCUT2D eigenvalue weighted by atomic mass is 10.0. The number of nitrogens with two attached hydrogens (primary N) is 1. The number of halogens is 1. The highest BCUT2D eigenvalue weighted by atomic mass is 35.5. The normalized spacial score (nSPS) is 16.3. The molecule has 1 aromatic carbocycles. The van der Waals surface area contributed by atoms with Crippen LogP contribution in [0.3, 0.4) is 0 Å². The van der Waals surface area contributed by atoms with Crippen molar-refractivity contribution < 1.29 is 9.47 Å². The summed E-state index contributed by atoms with van der Waals surface area (Å²) in [4.78, 5) is 0. The minimum atomic E-state index is -0.204. The summed E-state index contributed by atoms with van der Waals surface area (Å²) in [7, 11) is 1.60. The highest BCUT2D eigenvalue weighted by Crippen LogP contribution is 2.33. The zero-order valence-corrected chi connectivity index (χ0v) is 10.3. The van der Waals surface area contributed by atoms with Crippen LogP contribution in [0.4, 0.5) is 0 Å². The van der Waals surface area contributed by atoms with Crippen LogP contribution in [-0.2, 0) is 4.74 Å². The second-order valence-electron chi connectivity index (χ2n) is 3.73. The molecule has 0 saturated carbocycles. The van der Waals surface area contributed by atoms with E-state index in [1.54, 1.807) is 19.2 Å². The van der Waals surface area contributed by atoms with E-state index < -0.39 is 0 Å². The maximum absolute atomic E-state index is 5.93. The molecule has 0 spiro atoms. The molecule has 0 amide bonds. The Morgan fingerprint density at radius 3 is 2.94 bits per heavy atom. The van der Waals surface area contributed by atoms with E-state index in [0.29, 0.717) is 17.4 Å². The maximum atomic E-state index is 5.93. The van der Waals surface area contributed by atoms with Crippen molar-refractivity contribution in [3.63, 3.8) is 0 Å². The van der Waals surface area contributed by atoms with Gasteiger partial charge in [-0.05, 0) is 18.2 Å². The van der Waals surface area contributed by atoms with Gasteiger partial charge in [-0.2, -0.15) is 0 Å². The number of methoxy groups -OCH3 is 1. The Balaban J connectivity index is 2.36. The molecule has 5 heteroatoms. The molecule has 0 saturated heterocycles. The van der Waals surface area contributed by atoms with Crippen molar-refractivity contribution in [1.29, 1.82) is 0 Å². The van der Waals surface area contributed by atoms with Gasteiger partial charge < -0.3 is 9.47 Å². The van der Waals surface area contributed by atoms with Gasteiger partial charge in [0.25, 0.3) is 0 Å². The Hall–Kier alpha value is -1.23. The van der Waals surface area contributed by atoms with E-state index in [-0.39, 0.29) is 6.04 Å². The molecule has 1 aliphatic rings. The third kappa shape index (κ3) is 2.54. The standard InChI is InChI=1S/C12H15ClN2O2/c1-16-11-7-8(13)4-5-9(11)12(15-14)10-3-2-6-17-10/h3-5,7,12,15H,2,6,14H2,1H3. The molecule has 0 aliphatic carbocycles. The highest BCUT2D eigenvalue weighted by molar-refractivity contribution is 6.30. The van der Waals surface area contributed by atoms with Gasteiger partial charge in [0.2, 0.25) is 0 Å². The fraction of sp³-hybridized carbons (Fsp3) is 0.333. The fourth-order valence-electron chi connectivity index (χ4n) is 1.89. The molecule has 0 aromatic heterocycles. The van der Waals surface area contributed by atoms with Crippen molar-refractivity contribution in [3.8, 4) is 5.75 Å². The summed E-state index contributed by atoms with van der Waals surface area (Å²) < 4.78 is 10.8. The van der Waals surface area contributed by atoms with Crippen molar-refractivity contribution in [2.24, 2.45) is 5.84 Å². The van der Waals surface area contributed by atoms with Crippen molar-refractivity contribution in [2.75, 3.05) is 13.7 Å². The predicted molar refractivity (Wildman–Crippen MR) is 66.7 cm³/mol. The quantitative estimate of drug-likeness (QED) is 0.639. The molecule has 1 heterocycles. The monoisotopic (exact) mass is 254 g/mol. The maximum Gasteiger partial charge on any atom is 0.125 e. The van der Waals surface area contributed by atoms with Crippen LogP contribution in [0.25, 0.3) is 0 Å². The van der Waals surface area contributed by atoms with Crippen molar-refractivity contribution in [1.82, 2.24) is 5.43 Å². The first-order valence-corrected chi connectivity index (χ1v) is 5.76. The summed E-state index contributed by atoms with van der Waals surface area (Å²) in [5.41, 5.74) is 3.65. The van der Waals surface area contributed by atoms with Crippen molar-refractivity contribution in [3.05, 3.63) is 40.6 Å². The summed E-state index contributed by atoms with van der Waals surface area (Å²) in [6.07, 6.45) is 2.93. The van der Waals surface area contributed by atoms with Gasteiger partial charge in [0, 0.05) is 17.0 Å². The van der Waals surface area contributed by atoms with Crippen LogP contribution in [-0.4, -0.2) is 13.7 Å². The van der Waals surface area contributed by atoms with Gasteiger partial charge in [0.15, 0.2) is 0 Å². The first-order chi connectivity index (χ1) is 8.26. The molecule has 1 unspecified atom stereocenters. The van der Waals surface area contributed by atoms with Gasteiger partial charge in [-0.25, -0.2) is 5.43 Å². The molecular formula is C12H15ClN2O2. The second kappa shape index (κ2) is 5.40. The van der Waals surface area contributed by atoms with Gasteiger partial charge in [0.1, 0.15) is 17.6 Å². The molecule has 17 heavy (non-hydrogen) atoms. The van der Waals surface area contributed by atoms with Crippen LogP contribution in [0.15, 0.2) is 30.0 Å². The summed E-state index contributed by atoms with van der Waals surface area (Å²) in [5, 5.41) is 0.627. The molecule has 0 bridgehead atoms. The highest BCUT2D eigenvalue weighted by Gasteiger charge is 2.22. The largest absolute Gasteiger partial charge is 0.496 e. The lowest BCUT2D eigenvalue weighted by Crippen LogP contribution is -2.30. The molecule has 0 fully saturated rings. The number of rotatable bonds is 4. The van der Waals surface area contributed by atoms with E-state index in [1.807, 2.05) is 12.1 Å². The third-order valence-corrected chi connectivity index (χ3v) is 2.92. The molecule has 0 radical (unpaired) electrons. The van der Waals surface area contributed by atoms with E-state index >= 15 is 0 Å². The smallest absolute Gasteiger partial charge is 0.125 e. The van der Waals surface area contributed by atoms with E-state index in [2.05, 4.69) is 5.43 Å². The Bertz CT molecular complexity index is 435. The van der Waals surface area contributed by atoms with Crippen LogP contribution in [0, 0.1) is 0 Å². The average molecular weight is 255 g/mol. The molecule has 2 rings (SSSR count). The van der Waals surface area contributed by atoms with E-state index in [1.165, 1.54) is 0 Å². The topological polar surface area (TPSA) is 56.5 Å². The van der Waals surface area contributed by atoms with Gasteiger partial charge in [-0.1, -0.05) is 17.7 Å². The van der Waals surface area contributed by atoms with Crippen LogP contribution in [0.5, 0.6) is 5.75 Å². The van der Waals surface area contributed by atoms with Gasteiger partial charge >= 0.3 is 0 Å². The Morgan fingerprint density at radius 1 is 1.53 bits per heavy atom. The minimum Gasteiger partial charge on any atom is -0.496 e. The SMILES string of the molecule is COc1cc(Cl)ccc1C(NN)C1=CCCO1. The number of benzene rings is 1. The molecule has 4 nitrogen and oxygen atoms in total. The van der Waals surface area contributed by atoms with Crippen molar-refractivity contribution in [2.45, 2.75) is 12.5 Å². The summed E-state index contributed by atoms with van der Waals surface area (Å²) in [5.74, 6) is 7.11.